The molecule has 5 nitrogen and oxygen atoms in total. The van der Waals surface area contributed by atoms with E-state index >= 15 is 0 Å². The number of hydrogen-bond donors (Lipinski definition) is 2. The molecule has 17 heavy (non-hydrogen) atoms. The van der Waals surface area contributed by atoms with E-state index in [9.17, 15) is 4.79 Å². The lowest BCUT2D eigenvalue weighted by Gasteiger charge is -2.09. The van der Waals surface area contributed by atoms with Crippen LogP contribution >= 0.6 is 0 Å². The zero-order chi connectivity index (χ0) is 13.4. The Morgan fingerprint density at radius 3 is 2.29 bits per heavy atom. The third-order valence-electron chi connectivity index (χ3n) is 1.89. The van der Waals surface area contributed by atoms with Gasteiger partial charge in [-0.2, -0.15) is 0 Å². The summed E-state index contributed by atoms with van der Waals surface area (Å²) < 4.78 is 5.01. The average molecular weight is 239 g/mol. The highest BCUT2D eigenvalue weighted by molar-refractivity contribution is 5.97. The van der Waals surface area contributed by atoms with Crippen LogP contribution in [0.3, 0.4) is 0 Å². The number of carbonyl (C=O) groups is 1. The second kappa shape index (κ2) is 7.49. The van der Waals surface area contributed by atoms with Crippen LogP contribution in [0, 0.1) is 0 Å². The van der Waals surface area contributed by atoms with Gasteiger partial charge in [-0.1, -0.05) is 27.2 Å². The van der Waals surface area contributed by atoms with E-state index in [1.807, 2.05) is 6.92 Å². The Morgan fingerprint density at radius 1 is 1.41 bits per heavy atom. The molecule has 0 fully saturated rings. The number of nitrogens with two attached hydrogens (primary N) is 2. The highest BCUT2D eigenvalue weighted by atomic mass is 16.5. The number of nitrogen functional groups attached to an aromatic ring is 1. The molecule has 0 radical (unpaired) electrons. The molecule has 96 valence electrons. The smallest absolute Gasteiger partial charge is 0.269 e. The van der Waals surface area contributed by atoms with Crippen LogP contribution in [0.15, 0.2) is 6.07 Å². The second-order valence-corrected chi connectivity index (χ2v) is 3.50. The standard InChI is InChI=1S/C9H13N3O2.C3H8/c1-3-5-4-6(14-2)7(10)8(12-5)9(11)13;1-3-2/h4H,3,10H2,1-2H3,(H2,11,13);3H2,1-2H3. The zero-order valence-corrected chi connectivity index (χ0v) is 10.9. The molecule has 5 heteroatoms. The van der Waals surface area contributed by atoms with Gasteiger partial charge in [-0.15, -0.1) is 0 Å². The fourth-order valence-corrected chi connectivity index (χ4v) is 1.12. The molecule has 0 saturated heterocycles. The van der Waals surface area contributed by atoms with Gasteiger partial charge in [0.25, 0.3) is 5.91 Å². The van der Waals surface area contributed by atoms with Crippen LogP contribution in [0.4, 0.5) is 5.69 Å². The summed E-state index contributed by atoms with van der Waals surface area (Å²) in [7, 11) is 1.48. The minimum Gasteiger partial charge on any atom is -0.494 e. The lowest BCUT2D eigenvalue weighted by atomic mass is 10.2. The highest BCUT2D eigenvalue weighted by Gasteiger charge is 2.13. The van der Waals surface area contributed by atoms with Crippen molar-refractivity contribution in [2.75, 3.05) is 12.8 Å². The maximum Gasteiger partial charge on any atom is 0.269 e. The number of nitrogens with zero attached hydrogens (tertiary/aromatic N) is 1. The Hall–Kier alpha value is -1.78. The third kappa shape index (κ3) is 4.30. The van der Waals surface area contributed by atoms with Gasteiger partial charge in [0.2, 0.25) is 0 Å². The number of anilines is 1. The maximum atomic E-state index is 11.0. The first-order valence-electron chi connectivity index (χ1n) is 5.64. The topological polar surface area (TPSA) is 91.2 Å². The van der Waals surface area contributed by atoms with Crippen LogP contribution in [0.2, 0.25) is 0 Å². The molecule has 1 aromatic heterocycles. The van der Waals surface area contributed by atoms with E-state index in [1.54, 1.807) is 6.07 Å². The minimum absolute atomic E-state index is 0.0706. The van der Waals surface area contributed by atoms with Gasteiger partial charge in [0.05, 0.1) is 7.11 Å². The van der Waals surface area contributed by atoms with Crippen LogP contribution in [0.1, 0.15) is 43.4 Å². The summed E-state index contributed by atoms with van der Waals surface area (Å²) in [5, 5.41) is 0. The largest absolute Gasteiger partial charge is 0.494 e. The van der Waals surface area contributed by atoms with Crippen molar-refractivity contribution in [3.05, 3.63) is 17.5 Å². The Kier molecular flexibility index (Phi) is 6.70. The van der Waals surface area contributed by atoms with E-state index < -0.39 is 5.91 Å². The predicted molar refractivity (Wildman–Crippen MR) is 69.1 cm³/mol. The molecule has 0 aliphatic rings. The maximum absolute atomic E-state index is 11.0. The summed E-state index contributed by atoms with van der Waals surface area (Å²) >= 11 is 0. The van der Waals surface area contributed by atoms with Gasteiger partial charge >= 0.3 is 0 Å². The molecule has 0 aliphatic heterocycles. The number of pyridine rings is 1. The number of ether oxygens (including phenoxy) is 1. The molecule has 1 rings (SSSR count). The van der Waals surface area contributed by atoms with Crippen molar-refractivity contribution >= 4 is 11.6 Å². The number of rotatable bonds is 3. The summed E-state index contributed by atoms with van der Waals surface area (Å²) in [6.45, 7) is 6.17. The number of methoxy groups -OCH3 is 1. The molecular formula is C12H21N3O2. The van der Waals surface area contributed by atoms with Gasteiger partial charge in [0.1, 0.15) is 11.4 Å². The van der Waals surface area contributed by atoms with E-state index in [1.165, 1.54) is 13.5 Å². The van der Waals surface area contributed by atoms with E-state index in [2.05, 4.69) is 18.8 Å². The van der Waals surface area contributed by atoms with Crippen LogP contribution in [0.5, 0.6) is 5.75 Å². The summed E-state index contributed by atoms with van der Waals surface area (Å²) in [6.07, 6.45) is 1.94. The molecule has 0 atom stereocenters. The van der Waals surface area contributed by atoms with Crippen molar-refractivity contribution in [3.8, 4) is 5.75 Å². The number of aryl methyl sites for hydroxylation is 1. The van der Waals surface area contributed by atoms with E-state index in [0.29, 0.717) is 12.2 Å². The van der Waals surface area contributed by atoms with E-state index in [0.717, 1.165) is 5.69 Å². The fraction of sp³-hybridized carbons (Fsp3) is 0.500. The summed E-state index contributed by atoms with van der Waals surface area (Å²) in [6, 6.07) is 1.70. The predicted octanol–water partition coefficient (Wildman–Crippen LogP) is 1.75. The lowest BCUT2D eigenvalue weighted by Crippen LogP contribution is -2.17. The fourth-order valence-electron chi connectivity index (χ4n) is 1.12. The van der Waals surface area contributed by atoms with Crippen LogP contribution in [0.25, 0.3) is 0 Å². The van der Waals surface area contributed by atoms with Crippen molar-refractivity contribution in [2.45, 2.75) is 33.6 Å². The SMILES string of the molecule is CCC.CCc1cc(OC)c(N)c(C(N)=O)n1. The molecule has 4 N–H and O–H groups in total. The van der Waals surface area contributed by atoms with Gasteiger partial charge in [-0.05, 0) is 6.42 Å². The van der Waals surface area contributed by atoms with Crippen molar-refractivity contribution < 1.29 is 9.53 Å². The zero-order valence-electron chi connectivity index (χ0n) is 10.9. The van der Waals surface area contributed by atoms with Crippen LogP contribution < -0.4 is 16.2 Å². The monoisotopic (exact) mass is 239 g/mol. The van der Waals surface area contributed by atoms with Crippen molar-refractivity contribution in [3.63, 3.8) is 0 Å². The minimum atomic E-state index is -0.642. The molecule has 1 amide bonds. The van der Waals surface area contributed by atoms with Gasteiger partial charge in [0, 0.05) is 11.8 Å². The Balaban J connectivity index is 0.000000770. The van der Waals surface area contributed by atoms with Crippen LogP contribution in [-0.2, 0) is 6.42 Å². The Labute approximate surface area is 102 Å². The van der Waals surface area contributed by atoms with Crippen molar-refractivity contribution in [1.82, 2.24) is 4.98 Å². The summed E-state index contributed by atoms with van der Waals surface area (Å²) in [4.78, 5) is 15.0. The lowest BCUT2D eigenvalue weighted by molar-refractivity contribution is 0.0996. The average Bonchev–Trinajstić information content (AvgIpc) is 2.30. The van der Waals surface area contributed by atoms with Gasteiger partial charge in [-0.25, -0.2) is 4.98 Å². The molecular weight excluding hydrogens is 218 g/mol. The van der Waals surface area contributed by atoms with E-state index in [4.69, 9.17) is 16.2 Å². The highest BCUT2D eigenvalue weighted by Crippen LogP contribution is 2.24. The molecule has 1 aromatic rings. The number of amides is 1. The normalized spacial score (nSPS) is 9.18. The first-order chi connectivity index (χ1) is 8.01. The molecule has 1 heterocycles. The molecule has 0 aromatic carbocycles. The number of hydrogen-bond acceptors (Lipinski definition) is 4. The molecule has 0 spiro atoms. The number of aromatic nitrogens is 1. The number of primary amides is 1. The molecule has 0 bridgehead atoms. The quantitative estimate of drug-likeness (QED) is 0.840. The Bertz CT molecular complexity index is 378. The summed E-state index contributed by atoms with van der Waals surface area (Å²) in [5.41, 5.74) is 11.7. The third-order valence-corrected chi connectivity index (χ3v) is 1.89. The van der Waals surface area contributed by atoms with Gasteiger partial charge in [-0.3, -0.25) is 4.79 Å². The van der Waals surface area contributed by atoms with Crippen molar-refractivity contribution in [2.24, 2.45) is 5.73 Å². The Morgan fingerprint density at radius 2 is 1.94 bits per heavy atom. The van der Waals surface area contributed by atoms with Crippen molar-refractivity contribution in [1.29, 1.82) is 0 Å². The number of carbonyl (C=O) groups excluding carboxylic acids is 1. The van der Waals surface area contributed by atoms with Gasteiger partial charge in [0.15, 0.2) is 5.69 Å². The molecule has 0 aliphatic carbocycles. The van der Waals surface area contributed by atoms with Crippen LogP contribution in [-0.4, -0.2) is 18.0 Å². The second-order valence-electron chi connectivity index (χ2n) is 3.50. The molecule has 0 unspecified atom stereocenters. The van der Waals surface area contributed by atoms with Gasteiger partial charge < -0.3 is 16.2 Å². The molecule has 0 saturated carbocycles. The summed E-state index contributed by atoms with van der Waals surface area (Å²) in [5.74, 6) is -0.207. The first-order valence-corrected chi connectivity index (χ1v) is 5.64. The first kappa shape index (κ1) is 15.2. The van der Waals surface area contributed by atoms with E-state index in [-0.39, 0.29) is 11.4 Å².